The molecular weight excluding hydrogens is 342 g/mol. The molecule has 0 atom stereocenters. The Balaban J connectivity index is 2.40. The molecule has 0 radical (unpaired) electrons. The predicted octanol–water partition coefficient (Wildman–Crippen LogP) is 3.41. The van der Waals surface area contributed by atoms with Crippen molar-refractivity contribution in [2.75, 3.05) is 13.1 Å². The van der Waals surface area contributed by atoms with Gasteiger partial charge in [0.25, 0.3) is 0 Å². The summed E-state index contributed by atoms with van der Waals surface area (Å²) >= 11 is 9.38. The maximum atomic E-state index is 12.3. The molecule has 0 bridgehead atoms. The highest BCUT2D eigenvalue weighted by Gasteiger charge is 2.16. The summed E-state index contributed by atoms with van der Waals surface area (Å²) in [6, 6.07) is 5.84. The highest BCUT2D eigenvalue weighted by molar-refractivity contribution is 9.10. The molecule has 0 N–H and O–H groups in total. The van der Waals surface area contributed by atoms with Crippen molar-refractivity contribution in [1.29, 1.82) is 0 Å². The smallest absolute Gasteiger partial charge is 0.242 e. The van der Waals surface area contributed by atoms with Gasteiger partial charge in [-0.2, -0.15) is 0 Å². The lowest BCUT2D eigenvalue weighted by molar-refractivity contribution is -0.131. The molecule has 0 fully saturated rings. The number of halogens is 2. The van der Waals surface area contributed by atoms with Crippen molar-refractivity contribution < 1.29 is 4.79 Å². The van der Waals surface area contributed by atoms with Gasteiger partial charge in [-0.15, -0.1) is 11.6 Å². The summed E-state index contributed by atoms with van der Waals surface area (Å²) in [5, 5.41) is 0. The van der Waals surface area contributed by atoms with E-state index in [0.29, 0.717) is 13.1 Å². The molecule has 4 nitrogen and oxygen atoms in total. The van der Waals surface area contributed by atoms with Gasteiger partial charge in [-0.25, -0.2) is 4.98 Å². The summed E-state index contributed by atoms with van der Waals surface area (Å²) in [5.74, 6) is 1.10. The van der Waals surface area contributed by atoms with Crippen molar-refractivity contribution in [2.24, 2.45) is 0 Å². The Labute approximate surface area is 131 Å². The number of likely N-dealkylation sites (N-methyl/N-ethyl adjacent to an activating group) is 1. The maximum Gasteiger partial charge on any atom is 0.242 e. The summed E-state index contributed by atoms with van der Waals surface area (Å²) in [6.07, 6.45) is 0. The number of carbonyl (C=O) groups is 1. The first-order chi connectivity index (χ1) is 9.60. The minimum absolute atomic E-state index is 0.0867. The molecule has 0 saturated carbocycles. The molecule has 108 valence electrons. The Morgan fingerprint density at radius 3 is 2.70 bits per heavy atom. The van der Waals surface area contributed by atoms with E-state index in [-0.39, 0.29) is 18.3 Å². The van der Waals surface area contributed by atoms with E-state index in [4.69, 9.17) is 11.6 Å². The fourth-order valence-electron chi connectivity index (χ4n) is 2.24. The van der Waals surface area contributed by atoms with E-state index in [2.05, 4.69) is 20.9 Å². The number of rotatable bonds is 5. The molecule has 2 aromatic rings. The van der Waals surface area contributed by atoms with Crippen LogP contribution in [0.2, 0.25) is 0 Å². The zero-order valence-electron chi connectivity index (χ0n) is 11.6. The largest absolute Gasteiger partial charge is 0.342 e. The van der Waals surface area contributed by atoms with Gasteiger partial charge in [-0.05, 0) is 32.0 Å². The fourth-order valence-corrected chi connectivity index (χ4v) is 2.80. The van der Waals surface area contributed by atoms with Gasteiger partial charge in [-0.3, -0.25) is 4.79 Å². The van der Waals surface area contributed by atoms with E-state index < -0.39 is 0 Å². The molecule has 0 saturated heterocycles. The fraction of sp³-hybridized carbons (Fsp3) is 0.429. The molecule has 0 aliphatic heterocycles. The second-order valence-corrected chi connectivity index (χ2v) is 5.63. The molecule has 2 rings (SSSR count). The zero-order chi connectivity index (χ0) is 14.7. The van der Waals surface area contributed by atoms with Crippen LogP contribution in [0.15, 0.2) is 22.7 Å². The number of aromatic nitrogens is 2. The third kappa shape index (κ3) is 2.99. The Morgan fingerprint density at radius 1 is 1.40 bits per heavy atom. The van der Waals surface area contributed by atoms with Crippen LogP contribution in [0, 0.1) is 0 Å². The summed E-state index contributed by atoms with van der Waals surface area (Å²) in [5.41, 5.74) is 1.78. The van der Waals surface area contributed by atoms with Crippen molar-refractivity contribution in [3.05, 3.63) is 28.5 Å². The minimum atomic E-state index is 0.0867. The third-order valence-electron chi connectivity index (χ3n) is 3.32. The molecule has 1 heterocycles. The molecule has 0 aliphatic rings. The van der Waals surface area contributed by atoms with Crippen LogP contribution in [-0.4, -0.2) is 33.4 Å². The Morgan fingerprint density at radius 2 is 2.10 bits per heavy atom. The van der Waals surface area contributed by atoms with Crippen molar-refractivity contribution >= 4 is 44.5 Å². The number of hydrogen-bond donors (Lipinski definition) is 0. The standard InChI is InChI=1S/C14H17BrClN3O/c1-3-18(4-2)14(20)9-19-12-6-5-10(15)7-11(12)17-13(19)8-16/h5-7H,3-4,8-9H2,1-2H3. The van der Waals surface area contributed by atoms with Crippen molar-refractivity contribution in [1.82, 2.24) is 14.5 Å². The van der Waals surface area contributed by atoms with Crippen molar-refractivity contribution in [3.63, 3.8) is 0 Å². The zero-order valence-corrected chi connectivity index (χ0v) is 13.9. The number of amides is 1. The van der Waals surface area contributed by atoms with Crippen LogP contribution in [0.3, 0.4) is 0 Å². The van der Waals surface area contributed by atoms with E-state index in [1.165, 1.54) is 0 Å². The summed E-state index contributed by atoms with van der Waals surface area (Å²) in [7, 11) is 0. The first-order valence-electron chi connectivity index (χ1n) is 6.59. The lowest BCUT2D eigenvalue weighted by Crippen LogP contribution is -2.33. The number of carbonyl (C=O) groups excluding carboxylic acids is 1. The van der Waals surface area contributed by atoms with Crippen LogP contribution in [-0.2, 0) is 17.2 Å². The van der Waals surface area contributed by atoms with Gasteiger partial charge < -0.3 is 9.47 Å². The quantitative estimate of drug-likeness (QED) is 0.768. The molecule has 0 unspecified atom stereocenters. The molecular formula is C14H17BrClN3O. The maximum absolute atomic E-state index is 12.3. The van der Waals surface area contributed by atoms with Crippen LogP contribution in [0.4, 0.5) is 0 Å². The van der Waals surface area contributed by atoms with Crippen molar-refractivity contribution in [3.8, 4) is 0 Å². The monoisotopic (exact) mass is 357 g/mol. The highest BCUT2D eigenvalue weighted by atomic mass is 79.9. The minimum Gasteiger partial charge on any atom is -0.342 e. The molecule has 20 heavy (non-hydrogen) atoms. The summed E-state index contributed by atoms with van der Waals surface area (Å²) in [4.78, 5) is 18.6. The number of imidazole rings is 1. The first kappa shape index (κ1) is 15.3. The van der Waals surface area contributed by atoms with Gasteiger partial charge >= 0.3 is 0 Å². The average molecular weight is 359 g/mol. The number of fused-ring (bicyclic) bond motifs is 1. The lowest BCUT2D eigenvalue weighted by Gasteiger charge is -2.19. The highest BCUT2D eigenvalue weighted by Crippen LogP contribution is 2.22. The Bertz CT molecular complexity index is 622. The number of benzene rings is 1. The average Bonchev–Trinajstić information content (AvgIpc) is 2.77. The van der Waals surface area contributed by atoms with E-state index >= 15 is 0 Å². The Hall–Kier alpha value is -1.07. The van der Waals surface area contributed by atoms with E-state index in [1.54, 1.807) is 0 Å². The first-order valence-corrected chi connectivity index (χ1v) is 7.91. The number of nitrogens with zero attached hydrogens (tertiary/aromatic N) is 3. The van der Waals surface area contributed by atoms with Gasteiger partial charge in [0.05, 0.1) is 16.9 Å². The molecule has 1 amide bonds. The Kier molecular flexibility index (Phi) is 5.05. The van der Waals surface area contributed by atoms with Gasteiger partial charge in [0.15, 0.2) is 0 Å². The molecule has 6 heteroatoms. The van der Waals surface area contributed by atoms with Crippen molar-refractivity contribution in [2.45, 2.75) is 26.3 Å². The van der Waals surface area contributed by atoms with Gasteiger partial charge in [0.1, 0.15) is 12.4 Å². The molecule has 0 aliphatic carbocycles. The predicted molar refractivity (Wildman–Crippen MR) is 84.9 cm³/mol. The molecule has 1 aromatic heterocycles. The van der Waals surface area contributed by atoms with E-state index in [0.717, 1.165) is 21.3 Å². The number of hydrogen-bond acceptors (Lipinski definition) is 2. The lowest BCUT2D eigenvalue weighted by atomic mass is 10.3. The number of alkyl halides is 1. The van der Waals surface area contributed by atoms with Gasteiger partial charge in [0.2, 0.25) is 5.91 Å². The molecule has 1 aromatic carbocycles. The van der Waals surface area contributed by atoms with E-state index in [9.17, 15) is 4.79 Å². The summed E-state index contributed by atoms with van der Waals surface area (Å²) in [6.45, 7) is 5.66. The van der Waals surface area contributed by atoms with Gasteiger partial charge in [0, 0.05) is 17.6 Å². The summed E-state index contributed by atoms with van der Waals surface area (Å²) < 4.78 is 2.86. The third-order valence-corrected chi connectivity index (χ3v) is 4.05. The SMILES string of the molecule is CCN(CC)C(=O)Cn1c(CCl)nc2cc(Br)ccc21. The topological polar surface area (TPSA) is 38.1 Å². The van der Waals surface area contributed by atoms with Crippen LogP contribution in [0.25, 0.3) is 11.0 Å². The second-order valence-electron chi connectivity index (χ2n) is 4.45. The van der Waals surface area contributed by atoms with Crippen LogP contribution in [0.1, 0.15) is 19.7 Å². The molecule has 0 spiro atoms. The van der Waals surface area contributed by atoms with Crippen LogP contribution >= 0.6 is 27.5 Å². The normalized spacial score (nSPS) is 11.0. The van der Waals surface area contributed by atoms with Gasteiger partial charge in [-0.1, -0.05) is 15.9 Å². The second kappa shape index (κ2) is 6.59. The van der Waals surface area contributed by atoms with Crippen LogP contribution in [0.5, 0.6) is 0 Å². The van der Waals surface area contributed by atoms with Crippen LogP contribution < -0.4 is 0 Å². The van der Waals surface area contributed by atoms with E-state index in [1.807, 2.05) is 41.5 Å².